The molecule has 0 bridgehead atoms. The molecule has 3 aromatic rings. The zero-order chi connectivity index (χ0) is 26.1. The van der Waals surface area contributed by atoms with Gasteiger partial charge in [0, 0.05) is 46.4 Å². The first kappa shape index (κ1) is 25.7. The molecule has 0 spiro atoms. The van der Waals surface area contributed by atoms with Crippen molar-refractivity contribution in [1.82, 2.24) is 25.5 Å². The highest BCUT2D eigenvalue weighted by atomic mass is 35.5. The van der Waals surface area contributed by atoms with Gasteiger partial charge in [-0.25, -0.2) is 4.98 Å². The Bertz CT molecular complexity index is 1340. The number of H-pyrrole nitrogens is 1. The number of nitrogens with one attached hydrogen (secondary N) is 3. The Labute approximate surface area is 223 Å². The topological polar surface area (TPSA) is 116 Å². The lowest BCUT2D eigenvalue weighted by atomic mass is 9.82. The molecule has 2 aromatic heterocycles. The van der Waals surface area contributed by atoms with Crippen LogP contribution in [0, 0.1) is 5.92 Å². The molecule has 3 N–H and O–H groups in total. The second-order valence-electron chi connectivity index (χ2n) is 9.71. The van der Waals surface area contributed by atoms with Crippen molar-refractivity contribution in [3.05, 3.63) is 50.6 Å². The highest BCUT2D eigenvalue weighted by Crippen LogP contribution is 2.29. The molecular weight excluding hydrogens is 514 g/mol. The largest absolute Gasteiger partial charge is 0.466 e. The second-order valence-corrected chi connectivity index (χ2v) is 11.2. The number of hydrogen-bond acceptors (Lipinski definition) is 7. The summed E-state index contributed by atoms with van der Waals surface area (Å²) >= 11 is 7.49. The Morgan fingerprint density at radius 3 is 2.81 bits per heavy atom. The van der Waals surface area contributed by atoms with Crippen LogP contribution in [0.5, 0.6) is 0 Å². The summed E-state index contributed by atoms with van der Waals surface area (Å²) in [5, 5.41) is 7.98. The minimum Gasteiger partial charge on any atom is -0.466 e. The number of nitrogens with zero attached hydrogens (tertiary/aromatic N) is 2. The summed E-state index contributed by atoms with van der Waals surface area (Å²) < 4.78 is 5.24. The number of ether oxygens (including phenoxy) is 1. The third kappa shape index (κ3) is 5.66. The quantitative estimate of drug-likeness (QED) is 0.410. The molecule has 196 valence electrons. The van der Waals surface area contributed by atoms with Crippen molar-refractivity contribution in [2.75, 3.05) is 20.2 Å². The Hall–Kier alpha value is -2.95. The fourth-order valence-electron chi connectivity index (χ4n) is 5.10. The van der Waals surface area contributed by atoms with Crippen LogP contribution in [-0.2, 0) is 22.5 Å². The predicted molar refractivity (Wildman–Crippen MR) is 142 cm³/mol. The van der Waals surface area contributed by atoms with Crippen molar-refractivity contribution in [3.63, 3.8) is 0 Å². The number of halogens is 1. The molecule has 0 saturated heterocycles. The molecule has 0 radical (unpaired) electrons. The molecule has 2 aliphatic rings. The van der Waals surface area contributed by atoms with Crippen LogP contribution in [0.4, 0.5) is 0 Å². The van der Waals surface area contributed by atoms with E-state index in [1.165, 1.54) is 11.3 Å². The summed E-state index contributed by atoms with van der Waals surface area (Å²) in [7, 11) is 2.05. The van der Waals surface area contributed by atoms with E-state index in [4.69, 9.17) is 16.3 Å². The van der Waals surface area contributed by atoms with Gasteiger partial charge in [-0.3, -0.25) is 14.4 Å². The Morgan fingerprint density at radius 2 is 2.00 bits per heavy atom. The number of aromatic amines is 1. The number of hydrogen-bond donors (Lipinski definition) is 3. The van der Waals surface area contributed by atoms with Gasteiger partial charge in [-0.2, -0.15) is 0 Å². The summed E-state index contributed by atoms with van der Waals surface area (Å²) in [6.45, 7) is 3.77. The molecule has 1 unspecified atom stereocenters. The van der Waals surface area contributed by atoms with Gasteiger partial charge in [0.15, 0.2) is 5.01 Å². The van der Waals surface area contributed by atoms with Crippen LogP contribution in [0.2, 0.25) is 5.02 Å². The van der Waals surface area contributed by atoms with Crippen molar-refractivity contribution in [2.24, 2.45) is 5.92 Å². The van der Waals surface area contributed by atoms with Gasteiger partial charge in [-0.15, -0.1) is 11.3 Å². The molecule has 1 aromatic carbocycles. The molecule has 1 fully saturated rings. The molecule has 2 amide bonds. The zero-order valence-electron chi connectivity index (χ0n) is 20.8. The van der Waals surface area contributed by atoms with Crippen LogP contribution < -0.4 is 10.6 Å². The number of benzene rings is 1. The van der Waals surface area contributed by atoms with Crippen molar-refractivity contribution in [2.45, 2.75) is 51.2 Å². The molecule has 3 atom stereocenters. The van der Waals surface area contributed by atoms with Crippen LogP contribution in [0.15, 0.2) is 24.3 Å². The van der Waals surface area contributed by atoms with Gasteiger partial charge in [0.1, 0.15) is 5.69 Å². The first-order valence-electron chi connectivity index (χ1n) is 12.5. The Kier molecular flexibility index (Phi) is 7.50. The minimum atomic E-state index is -0.443. The van der Waals surface area contributed by atoms with Crippen LogP contribution in [0.25, 0.3) is 10.9 Å². The summed E-state index contributed by atoms with van der Waals surface area (Å²) in [6, 6.07) is 6.35. The van der Waals surface area contributed by atoms with Crippen LogP contribution >= 0.6 is 22.9 Å². The molecule has 9 nitrogen and oxygen atoms in total. The van der Waals surface area contributed by atoms with Crippen molar-refractivity contribution in [3.8, 4) is 0 Å². The number of esters is 1. The maximum atomic E-state index is 13.2. The van der Waals surface area contributed by atoms with E-state index < -0.39 is 6.04 Å². The second kappa shape index (κ2) is 10.8. The molecule has 1 aliphatic heterocycles. The van der Waals surface area contributed by atoms with Gasteiger partial charge in [0.25, 0.3) is 11.8 Å². The number of likely N-dealkylation sites (N-methyl/N-ethyl adjacent to an activating group) is 1. The molecule has 3 heterocycles. The molecule has 1 saturated carbocycles. The van der Waals surface area contributed by atoms with E-state index in [0.717, 1.165) is 41.0 Å². The highest BCUT2D eigenvalue weighted by molar-refractivity contribution is 7.13. The van der Waals surface area contributed by atoms with Crippen LogP contribution in [0.1, 0.15) is 57.0 Å². The smallest absolute Gasteiger partial charge is 0.308 e. The zero-order valence-corrected chi connectivity index (χ0v) is 22.4. The average Bonchev–Trinajstić information content (AvgIpc) is 3.49. The van der Waals surface area contributed by atoms with Crippen molar-refractivity contribution >= 4 is 51.6 Å². The molecular formula is C26H30ClN5O4S. The van der Waals surface area contributed by atoms with Crippen molar-refractivity contribution in [1.29, 1.82) is 0 Å². The summed E-state index contributed by atoms with van der Waals surface area (Å²) in [6.07, 6.45) is 2.30. The molecule has 11 heteroatoms. The number of carbonyl (C=O) groups excluding carboxylic acids is 3. The predicted octanol–water partition coefficient (Wildman–Crippen LogP) is 3.53. The first-order valence-corrected chi connectivity index (χ1v) is 13.7. The monoisotopic (exact) mass is 543 g/mol. The van der Waals surface area contributed by atoms with E-state index in [1.807, 2.05) is 6.07 Å². The maximum absolute atomic E-state index is 13.2. The van der Waals surface area contributed by atoms with E-state index in [-0.39, 0.29) is 29.7 Å². The Morgan fingerprint density at radius 1 is 1.19 bits per heavy atom. The number of fused-ring (bicyclic) bond motifs is 2. The lowest BCUT2D eigenvalue weighted by Gasteiger charge is -2.35. The lowest BCUT2D eigenvalue weighted by Crippen LogP contribution is -2.55. The maximum Gasteiger partial charge on any atom is 0.308 e. The van der Waals surface area contributed by atoms with Gasteiger partial charge >= 0.3 is 5.97 Å². The van der Waals surface area contributed by atoms with Crippen LogP contribution in [-0.4, -0.2) is 64.9 Å². The van der Waals surface area contributed by atoms with E-state index in [0.29, 0.717) is 41.6 Å². The average molecular weight is 544 g/mol. The number of carbonyl (C=O) groups is 3. The van der Waals surface area contributed by atoms with E-state index in [9.17, 15) is 14.4 Å². The van der Waals surface area contributed by atoms with E-state index in [1.54, 1.807) is 25.1 Å². The summed E-state index contributed by atoms with van der Waals surface area (Å²) in [5.41, 5.74) is 2.19. The number of thiazole rings is 1. The third-order valence-corrected chi connectivity index (χ3v) is 8.36. The minimum absolute atomic E-state index is 0.272. The third-order valence-electron chi connectivity index (χ3n) is 7.05. The van der Waals surface area contributed by atoms with E-state index >= 15 is 0 Å². The van der Waals surface area contributed by atoms with Gasteiger partial charge in [-0.05, 0) is 57.5 Å². The lowest BCUT2D eigenvalue weighted by molar-refractivity contribution is -0.149. The number of amides is 2. The fourth-order valence-corrected chi connectivity index (χ4v) is 6.37. The SMILES string of the molecule is CCOC(=O)[C@@H]1CCC(NC(=O)c2cc3cc(Cl)ccc3[nH]2)[C@@H](NC(=O)c2nc3c(s2)CN(C)CC3)C1. The molecule has 37 heavy (non-hydrogen) atoms. The van der Waals surface area contributed by atoms with Gasteiger partial charge in [0.2, 0.25) is 0 Å². The molecule has 1 aliphatic carbocycles. The normalized spacial score (nSPS) is 21.9. The molecule has 5 rings (SSSR count). The number of aromatic nitrogens is 2. The first-order chi connectivity index (χ1) is 17.8. The highest BCUT2D eigenvalue weighted by Gasteiger charge is 2.37. The van der Waals surface area contributed by atoms with Gasteiger partial charge in [-0.1, -0.05) is 11.6 Å². The van der Waals surface area contributed by atoms with Gasteiger partial charge in [0.05, 0.1) is 24.3 Å². The van der Waals surface area contributed by atoms with Crippen LogP contribution in [0.3, 0.4) is 0 Å². The summed E-state index contributed by atoms with van der Waals surface area (Å²) in [4.78, 5) is 49.9. The number of rotatable bonds is 6. The summed E-state index contributed by atoms with van der Waals surface area (Å²) in [5.74, 6) is -1.17. The Balaban J connectivity index is 1.33. The van der Waals surface area contributed by atoms with E-state index in [2.05, 4.69) is 32.5 Å². The van der Waals surface area contributed by atoms with Gasteiger partial charge < -0.3 is 25.3 Å². The van der Waals surface area contributed by atoms with Crippen molar-refractivity contribution < 1.29 is 19.1 Å². The standard InChI is InChI=1S/C26H30ClN5O4S/c1-3-36-26(35)14-4-6-18(29-23(33)21-12-15-10-16(27)5-7-17(15)28-21)20(11-14)30-24(34)25-31-19-8-9-32(2)13-22(19)37-25/h5,7,10,12,14,18,20,28H,3-4,6,8-9,11,13H2,1-2H3,(H,29,33)(H,30,34)/t14-,18?,20+/m1/s1. The fraction of sp³-hybridized carbons (Fsp3) is 0.462.